The first-order chi connectivity index (χ1) is 20.9. The third-order valence-corrected chi connectivity index (χ3v) is 8.88. The zero-order chi connectivity index (χ0) is 29.8. The molecule has 0 radical (unpaired) electrons. The number of anilines is 3. The van der Waals surface area contributed by atoms with Crippen molar-refractivity contribution in [3.05, 3.63) is 96.6 Å². The normalized spacial score (nSPS) is 13.6. The van der Waals surface area contributed by atoms with Gasteiger partial charge in [0.15, 0.2) is 11.5 Å². The number of aromatic nitrogens is 2. The number of nitrogens with one attached hydrogen (secondary N) is 2. The molecule has 1 aliphatic carbocycles. The fourth-order valence-corrected chi connectivity index (χ4v) is 6.34. The lowest BCUT2D eigenvalue weighted by atomic mass is 10.2. The van der Waals surface area contributed by atoms with Gasteiger partial charge in [0.25, 0.3) is 0 Å². The van der Waals surface area contributed by atoms with Crippen LogP contribution in [0.25, 0.3) is 11.0 Å². The number of fused-ring (bicyclic) bond motifs is 1. The van der Waals surface area contributed by atoms with E-state index < -0.39 is 10.1 Å². The summed E-state index contributed by atoms with van der Waals surface area (Å²) in [5.74, 6) is 1.99. The van der Waals surface area contributed by atoms with Gasteiger partial charge in [-0.1, -0.05) is 43.2 Å². The number of methoxy groups -OCH3 is 2. The van der Waals surface area contributed by atoms with Crippen molar-refractivity contribution in [2.24, 2.45) is 0 Å². The molecule has 0 bridgehead atoms. The van der Waals surface area contributed by atoms with Crippen LogP contribution in [0, 0.1) is 0 Å². The Morgan fingerprint density at radius 1 is 0.837 bits per heavy atom. The van der Waals surface area contributed by atoms with E-state index in [4.69, 9.17) is 18.6 Å². The van der Waals surface area contributed by atoms with E-state index in [2.05, 4.69) is 10.6 Å². The van der Waals surface area contributed by atoms with E-state index >= 15 is 0 Å². The molecular formula is C33H34N4O5S. The molecule has 0 aliphatic heterocycles. The molecule has 4 aromatic carbocycles. The number of imidazole rings is 1. The molecule has 1 fully saturated rings. The molecule has 1 aliphatic rings. The average molecular weight is 599 g/mol. The molecule has 9 nitrogen and oxygen atoms in total. The molecule has 0 atom stereocenters. The van der Waals surface area contributed by atoms with E-state index in [-0.39, 0.29) is 10.6 Å². The van der Waals surface area contributed by atoms with Crippen LogP contribution in [0.1, 0.15) is 31.2 Å². The Hall–Kier alpha value is -4.70. The lowest BCUT2D eigenvalue weighted by Crippen LogP contribution is -2.14. The first-order valence-electron chi connectivity index (χ1n) is 14.3. The van der Waals surface area contributed by atoms with Crippen LogP contribution in [-0.2, 0) is 16.7 Å². The van der Waals surface area contributed by atoms with Crippen LogP contribution in [0.3, 0.4) is 0 Å². The number of hydrogen-bond acceptors (Lipinski definition) is 8. The predicted molar refractivity (Wildman–Crippen MR) is 168 cm³/mol. The van der Waals surface area contributed by atoms with Gasteiger partial charge in [0.2, 0.25) is 5.95 Å². The first kappa shape index (κ1) is 28.4. The van der Waals surface area contributed by atoms with E-state index in [1.165, 1.54) is 12.8 Å². The molecule has 222 valence electrons. The van der Waals surface area contributed by atoms with Crippen molar-refractivity contribution in [3.63, 3.8) is 0 Å². The maximum Gasteiger partial charge on any atom is 0.339 e. The molecule has 1 heterocycles. The summed E-state index contributed by atoms with van der Waals surface area (Å²) >= 11 is 0. The first-order valence-corrected chi connectivity index (χ1v) is 15.7. The third-order valence-electron chi connectivity index (χ3n) is 7.62. The number of rotatable bonds is 11. The van der Waals surface area contributed by atoms with E-state index in [0.29, 0.717) is 35.6 Å². The SMILES string of the molecule is COc1ccc(Nc2nc3ccc(OS(=O)(=O)c4ccc(NC5CCCC5)cc4)cc3n2Cc2ccccc2)cc1OC. The summed E-state index contributed by atoms with van der Waals surface area (Å²) in [6, 6.07) is 27.8. The van der Waals surface area contributed by atoms with Crippen LogP contribution in [0.5, 0.6) is 17.2 Å². The van der Waals surface area contributed by atoms with Crippen LogP contribution >= 0.6 is 0 Å². The van der Waals surface area contributed by atoms with Crippen LogP contribution in [0.2, 0.25) is 0 Å². The zero-order valence-corrected chi connectivity index (χ0v) is 24.9. The van der Waals surface area contributed by atoms with Crippen LogP contribution < -0.4 is 24.3 Å². The van der Waals surface area contributed by atoms with Gasteiger partial charge < -0.3 is 28.9 Å². The Bertz CT molecular complexity index is 1820. The highest BCUT2D eigenvalue weighted by atomic mass is 32.2. The van der Waals surface area contributed by atoms with Crippen molar-refractivity contribution in [3.8, 4) is 17.2 Å². The van der Waals surface area contributed by atoms with Crippen LogP contribution in [0.15, 0.2) is 95.9 Å². The highest BCUT2D eigenvalue weighted by Gasteiger charge is 2.20. The van der Waals surface area contributed by atoms with E-state index in [1.807, 2.05) is 53.1 Å². The summed E-state index contributed by atoms with van der Waals surface area (Å²) in [6.07, 6.45) is 4.72. The van der Waals surface area contributed by atoms with Crippen molar-refractivity contribution < 1.29 is 22.1 Å². The second-order valence-corrected chi connectivity index (χ2v) is 12.1. The number of benzene rings is 4. The van der Waals surface area contributed by atoms with Gasteiger partial charge in [0.05, 0.1) is 31.8 Å². The average Bonchev–Trinajstić information content (AvgIpc) is 3.65. The number of hydrogen-bond donors (Lipinski definition) is 2. The summed E-state index contributed by atoms with van der Waals surface area (Å²) in [5.41, 5.74) is 4.13. The van der Waals surface area contributed by atoms with Crippen molar-refractivity contribution in [1.82, 2.24) is 9.55 Å². The Morgan fingerprint density at radius 3 is 2.28 bits per heavy atom. The molecule has 43 heavy (non-hydrogen) atoms. The topological polar surface area (TPSA) is 104 Å². The third kappa shape index (κ3) is 6.39. The van der Waals surface area contributed by atoms with Gasteiger partial charge in [-0.05, 0) is 66.9 Å². The van der Waals surface area contributed by atoms with Gasteiger partial charge >= 0.3 is 10.1 Å². The Balaban J connectivity index is 1.30. The lowest BCUT2D eigenvalue weighted by molar-refractivity contribution is 0.355. The van der Waals surface area contributed by atoms with Crippen molar-refractivity contribution >= 4 is 38.5 Å². The van der Waals surface area contributed by atoms with Gasteiger partial charge in [-0.25, -0.2) is 4.98 Å². The zero-order valence-electron chi connectivity index (χ0n) is 24.1. The molecule has 5 aromatic rings. The summed E-state index contributed by atoms with van der Waals surface area (Å²) in [6.45, 7) is 0.499. The Labute approximate surface area is 251 Å². The Morgan fingerprint density at radius 2 is 1.56 bits per heavy atom. The minimum absolute atomic E-state index is 0.0955. The van der Waals surface area contributed by atoms with Gasteiger partial charge in [-0.3, -0.25) is 0 Å². The largest absolute Gasteiger partial charge is 0.493 e. The maximum absolute atomic E-state index is 13.2. The van der Waals surface area contributed by atoms with E-state index in [9.17, 15) is 8.42 Å². The smallest absolute Gasteiger partial charge is 0.339 e. The maximum atomic E-state index is 13.2. The minimum atomic E-state index is -4.05. The van der Waals surface area contributed by atoms with Crippen molar-refractivity contribution in [2.75, 3.05) is 24.9 Å². The van der Waals surface area contributed by atoms with Gasteiger partial charge in [-0.15, -0.1) is 0 Å². The molecule has 10 heteroatoms. The second kappa shape index (κ2) is 12.3. The molecule has 0 unspecified atom stereocenters. The molecule has 0 saturated heterocycles. The molecular weight excluding hydrogens is 564 g/mol. The van der Waals surface area contributed by atoms with Crippen LogP contribution in [0.4, 0.5) is 17.3 Å². The monoisotopic (exact) mass is 598 g/mol. The standard InChI is InChI=1S/C33H34N4O5S/c1-40-31-19-14-26(20-32(31)41-2)35-33-36-29-18-15-27(21-30(29)37(33)22-23-8-4-3-5-9-23)42-43(38,39)28-16-12-25(13-17-28)34-24-10-6-7-11-24/h3-5,8-9,12-21,24,34H,6-7,10-11,22H2,1-2H3,(H,35,36). The molecule has 1 aromatic heterocycles. The van der Waals surface area contributed by atoms with Crippen LogP contribution in [-0.4, -0.2) is 38.2 Å². The van der Waals surface area contributed by atoms with E-state index in [1.54, 1.807) is 56.7 Å². The summed E-state index contributed by atoms with van der Waals surface area (Å²) in [5, 5.41) is 6.87. The molecule has 2 N–H and O–H groups in total. The molecule has 1 saturated carbocycles. The number of ether oxygens (including phenoxy) is 2. The Kier molecular flexibility index (Phi) is 8.11. The minimum Gasteiger partial charge on any atom is -0.493 e. The molecule has 6 rings (SSSR count). The highest BCUT2D eigenvalue weighted by Crippen LogP contribution is 2.33. The molecule has 0 amide bonds. The lowest BCUT2D eigenvalue weighted by Gasteiger charge is -2.14. The number of nitrogens with zero attached hydrogens (tertiary/aromatic N) is 2. The summed E-state index contributed by atoms with van der Waals surface area (Å²) in [4.78, 5) is 4.91. The van der Waals surface area contributed by atoms with Gasteiger partial charge in [-0.2, -0.15) is 8.42 Å². The highest BCUT2D eigenvalue weighted by molar-refractivity contribution is 7.87. The summed E-state index contributed by atoms with van der Waals surface area (Å²) < 4.78 is 44.9. The fraction of sp³-hybridized carbons (Fsp3) is 0.242. The predicted octanol–water partition coefficient (Wildman–Crippen LogP) is 6.97. The van der Waals surface area contributed by atoms with Gasteiger partial charge in [0.1, 0.15) is 10.6 Å². The molecule has 0 spiro atoms. The second-order valence-electron chi connectivity index (χ2n) is 10.5. The quantitative estimate of drug-likeness (QED) is 0.157. The van der Waals surface area contributed by atoms with Crippen molar-refractivity contribution in [1.29, 1.82) is 0 Å². The summed E-state index contributed by atoms with van der Waals surface area (Å²) in [7, 11) is -0.875. The fourth-order valence-electron chi connectivity index (χ4n) is 5.42. The van der Waals surface area contributed by atoms with Gasteiger partial charge in [0, 0.05) is 29.5 Å². The van der Waals surface area contributed by atoms with Crippen molar-refractivity contribution in [2.45, 2.75) is 43.2 Å². The van der Waals surface area contributed by atoms with E-state index in [0.717, 1.165) is 35.3 Å².